The molecule has 1 heteroatoms. The van der Waals surface area contributed by atoms with Gasteiger partial charge in [0.25, 0.3) is 0 Å². The van der Waals surface area contributed by atoms with Gasteiger partial charge in [0.1, 0.15) is 0 Å². The molecular formula is C14H20O. The van der Waals surface area contributed by atoms with Crippen molar-refractivity contribution in [2.45, 2.75) is 51.0 Å². The Morgan fingerprint density at radius 2 is 1.73 bits per heavy atom. The van der Waals surface area contributed by atoms with E-state index in [1.54, 1.807) is 0 Å². The minimum Gasteiger partial charge on any atom is -0.390 e. The number of aliphatic hydroxyl groups is 1. The van der Waals surface area contributed by atoms with Crippen molar-refractivity contribution in [3.63, 3.8) is 0 Å². The molecule has 82 valence electrons. The quantitative estimate of drug-likeness (QED) is 0.801. The molecule has 0 aromatic heterocycles. The number of benzene rings is 1. The zero-order valence-electron chi connectivity index (χ0n) is 9.50. The van der Waals surface area contributed by atoms with Crippen molar-refractivity contribution in [1.29, 1.82) is 0 Å². The van der Waals surface area contributed by atoms with E-state index in [1.807, 2.05) is 0 Å². The van der Waals surface area contributed by atoms with Crippen LogP contribution in [0.15, 0.2) is 24.3 Å². The number of hydrogen-bond acceptors (Lipinski definition) is 1. The molecule has 1 aliphatic carbocycles. The second kappa shape index (κ2) is 4.36. The Hall–Kier alpha value is -0.820. The molecule has 0 heterocycles. The summed E-state index contributed by atoms with van der Waals surface area (Å²) in [4.78, 5) is 0. The first-order valence-corrected chi connectivity index (χ1v) is 5.96. The molecule has 0 atom stereocenters. The minimum atomic E-state index is -0.356. The normalized spacial score (nSPS) is 19.3. The summed E-state index contributed by atoms with van der Waals surface area (Å²) in [5, 5.41) is 10.2. The molecule has 0 spiro atoms. The fraction of sp³-hybridized carbons (Fsp3) is 0.571. The van der Waals surface area contributed by atoms with Crippen LogP contribution in [0.25, 0.3) is 0 Å². The lowest BCUT2D eigenvalue weighted by Gasteiger charge is -2.21. The van der Waals surface area contributed by atoms with Crippen LogP contribution >= 0.6 is 0 Å². The molecule has 1 saturated carbocycles. The van der Waals surface area contributed by atoms with Gasteiger partial charge in [-0.2, -0.15) is 0 Å². The number of aryl methyl sites for hydroxylation is 2. The standard InChI is InChI=1S/C14H20O/c1-12-4-6-13(7-5-12)8-11-14(15)9-2-3-10-14/h4-7,15H,2-3,8-11H2,1H3. The molecule has 0 bridgehead atoms. The molecule has 15 heavy (non-hydrogen) atoms. The van der Waals surface area contributed by atoms with Gasteiger partial charge in [-0.25, -0.2) is 0 Å². The van der Waals surface area contributed by atoms with Crippen LogP contribution in [0, 0.1) is 6.92 Å². The lowest BCUT2D eigenvalue weighted by atomic mass is 9.93. The maximum Gasteiger partial charge on any atom is 0.0651 e. The fourth-order valence-electron chi connectivity index (χ4n) is 2.41. The average Bonchev–Trinajstić information content (AvgIpc) is 2.65. The van der Waals surface area contributed by atoms with Crippen LogP contribution in [0.5, 0.6) is 0 Å². The smallest absolute Gasteiger partial charge is 0.0651 e. The van der Waals surface area contributed by atoms with Crippen molar-refractivity contribution in [1.82, 2.24) is 0 Å². The summed E-state index contributed by atoms with van der Waals surface area (Å²) in [6.07, 6.45) is 6.33. The summed E-state index contributed by atoms with van der Waals surface area (Å²) in [6, 6.07) is 8.64. The summed E-state index contributed by atoms with van der Waals surface area (Å²) in [6.45, 7) is 2.11. The van der Waals surface area contributed by atoms with Crippen LogP contribution in [0.3, 0.4) is 0 Å². The fourth-order valence-corrected chi connectivity index (χ4v) is 2.41. The molecule has 1 aromatic rings. The van der Waals surface area contributed by atoms with Crippen molar-refractivity contribution in [2.75, 3.05) is 0 Å². The van der Waals surface area contributed by atoms with E-state index < -0.39 is 0 Å². The van der Waals surface area contributed by atoms with Crippen molar-refractivity contribution in [3.05, 3.63) is 35.4 Å². The first-order valence-electron chi connectivity index (χ1n) is 5.96. The van der Waals surface area contributed by atoms with Crippen molar-refractivity contribution >= 4 is 0 Å². The average molecular weight is 204 g/mol. The maximum atomic E-state index is 10.2. The Balaban J connectivity index is 1.90. The third-order valence-electron chi connectivity index (χ3n) is 3.53. The number of rotatable bonds is 3. The van der Waals surface area contributed by atoms with Gasteiger partial charge in [0.15, 0.2) is 0 Å². The van der Waals surface area contributed by atoms with E-state index in [2.05, 4.69) is 31.2 Å². The van der Waals surface area contributed by atoms with Crippen LogP contribution in [0.2, 0.25) is 0 Å². The van der Waals surface area contributed by atoms with Crippen molar-refractivity contribution in [2.24, 2.45) is 0 Å². The van der Waals surface area contributed by atoms with Gasteiger partial charge in [-0.05, 0) is 38.2 Å². The predicted octanol–water partition coefficient (Wildman–Crippen LogP) is 3.23. The molecule has 1 aromatic carbocycles. The van der Waals surface area contributed by atoms with Crippen LogP contribution in [-0.2, 0) is 6.42 Å². The number of hydrogen-bond donors (Lipinski definition) is 1. The Kier molecular flexibility index (Phi) is 3.11. The van der Waals surface area contributed by atoms with Gasteiger partial charge in [0.05, 0.1) is 5.60 Å². The van der Waals surface area contributed by atoms with Gasteiger partial charge in [-0.1, -0.05) is 42.7 Å². The SMILES string of the molecule is Cc1ccc(CCC2(O)CCCC2)cc1. The molecule has 1 aliphatic rings. The zero-order chi connectivity index (χ0) is 10.7. The van der Waals surface area contributed by atoms with Gasteiger partial charge >= 0.3 is 0 Å². The molecule has 0 unspecified atom stereocenters. The summed E-state index contributed by atoms with van der Waals surface area (Å²) in [7, 11) is 0. The Morgan fingerprint density at radius 1 is 1.13 bits per heavy atom. The van der Waals surface area contributed by atoms with E-state index in [4.69, 9.17) is 0 Å². The lowest BCUT2D eigenvalue weighted by Crippen LogP contribution is -2.24. The highest BCUT2D eigenvalue weighted by molar-refractivity contribution is 5.21. The predicted molar refractivity (Wildman–Crippen MR) is 62.9 cm³/mol. The molecule has 1 fully saturated rings. The summed E-state index contributed by atoms with van der Waals surface area (Å²) in [5.41, 5.74) is 2.30. The van der Waals surface area contributed by atoms with Crippen molar-refractivity contribution < 1.29 is 5.11 Å². The third kappa shape index (κ3) is 2.82. The third-order valence-corrected chi connectivity index (χ3v) is 3.53. The molecule has 1 N–H and O–H groups in total. The summed E-state index contributed by atoms with van der Waals surface area (Å²) < 4.78 is 0. The van der Waals surface area contributed by atoms with Crippen LogP contribution in [0.4, 0.5) is 0 Å². The molecule has 2 rings (SSSR count). The Morgan fingerprint density at radius 3 is 2.33 bits per heavy atom. The summed E-state index contributed by atoms with van der Waals surface area (Å²) in [5.74, 6) is 0. The highest BCUT2D eigenvalue weighted by atomic mass is 16.3. The topological polar surface area (TPSA) is 20.2 Å². The molecular weight excluding hydrogens is 184 g/mol. The molecule has 0 aliphatic heterocycles. The van der Waals surface area contributed by atoms with E-state index in [0.29, 0.717) is 0 Å². The molecule has 0 radical (unpaired) electrons. The van der Waals surface area contributed by atoms with Gasteiger partial charge < -0.3 is 5.11 Å². The van der Waals surface area contributed by atoms with E-state index in [1.165, 1.54) is 24.0 Å². The van der Waals surface area contributed by atoms with Gasteiger partial charge in [-0.15, -0.1) is 0 Å². The second-order valence-electron chi connectivity index (χ2n) is 4.92. The van der Waals surface area contributed by atoms with Gasteiger partial charge in [-0.3, -0.25) is 0 Å². The Bertz CT molecular complexity index is 307. The van der Waals surface area contributed by atoms with Crippen LogP contribution in [0.1, 0.15) is 43.2 Å². The second-order valence-corrected chi connectivity index (χ2v) is 4.92. The zero-order valence-corrected chi connectivity index (χ0v) is 9.50. The highest BCUT2D eigenvalue weighted by Crippen LogP contribution is 2.33. The molecule has 0 saturated heterocycles. The van der Waals surface area contributed by atoms with Gasteiger partial charge in [0, 0.05) is 0 Å². The van der Waals surface area contributed by atoms with E-state index >= 15 is 0 Å². The Labute approximate surface area is 92.1 Å². The van der Waals surface area contributed by atoms with Gasteiger partial charge in [0.2, 0.25) is 0 Å². The monoisotopic (exact) mass is 204 g/mol. The largest absolute Gasteiger partial charge is 0.390 e. The molecule has 1 nitrogen and oxygen atoms in total. The minimum absolute atomic E-state index is 0.356. The lowest BCUT2D eigenvalue weighted by molar-refractivity contribution is 0.0391. The van der Waals surface area contributed by atoms with Crippen LogP contribution in [-0.4, -0.2) is 10.7 Å². The van der Waals surface area contributed by atoms with Crippen LogP contribution < -0.4 is 0 Å². The van der Waals surface area contributed by atoms with Crippen molar-refractivity contribution in [3.8, 4) is 0 Å². The highest BCUT2D eigenvalue weighted by Gasteiger charge is 2.30. The van der Waals surface area contributed by atoms with E-state index in [-0.39, 0.29) is 5.60 Å². The van der Waals surface area contributed by atoms with E-state index in [9.17, 15) is 5.11 Å². The summed E-state index contributed by atoms with van der Waals surface area (Å²) >= 11 is 0. The molecule has 0 amide bonds. The first-order chi connectivity index (χ1) is 7.18. The van der Waals surface area contributed by atoms with E-state index in [0.717, 1.165) is 25.7 Å². The maximum absolute atomic E-state index is 10.2. The first kappa shape index (κ1) is 10.7.